The lowest BCUT2D eigenvalue weighted by molar-refractivity contribution is 0.430. The van der Waals surface area contributed by atoms with Crippen molar-refractivity contribution in [2.24, 2.45) is 5.92 Å². The van der Waals surface area contributed by atoms with Gasteiger partial charge in [0.1, 0.15) is 0 Å². The Hall–Kier alpha value is -0.530. The van der Waals surface area contributed by atoms with E-state index in [1.165, 1.54) is 5.56 Å². The highest BCUT2D eigenvalue weighted by Gasteiger charge is 2.09. The van der Waals surface area contributed by atoms with E-state index in [1.54, 1.807) is 0 Å². The first-order valence-corrected chi connectivity index (χ1v) is 5.60. The van der Waals surface area contributed by atoms with Gasteiger partial charge in [-0.1, -0.05) is 37.3 Å². The van der Waals surface area contributed by atoms with Crippen LogP contribution in [0.25, 0.3) is 0 Å². The predicted molar refractivity (Wildman–Crippen MR) is 62.6 cm³/mol. The van der Waals surface area contributed by atoms with Crippen molar-refractivity contribution >= 4 is 11.6 Å². The van der Waals surface area contributed by atoms with Crippen LogP contribution in [0.5, 0.6) is 0 Å². The van der Waals surface area contributed by atoms with E-state index < -0.39 is 0 Å². The molecule has 14 heavy (non-hydrogen) atoms. The summed E-state index contributed by atoms with van der Waals surface area (Å²) in [6.07, 6.45) is 0. The van der Waals surface area contributed by atoms with Crippen molar-refractivity contribution in [1.82, 2.24) is 5.32 Å². The maximum atomic E-state index is 5.79. The average molecular weight is 212 g/mol. The topological polar surface area (TPSA) is 12.0 Å². The fourth-order valence-electron chi connectivity index (χ4n) is 1.21. The summed E-state index contributed by atoms with van der Waals surface area (Å²) >= 11 is 5.79. The van der Waals surface area contributed by atoms with Gasteiger partial charge in [0.2, 0.25) is 0 Å². The Balaban J connectivity index is 2.34. The summed E-state index contributed by atoms with van der Waals surface area (Å²) in [4.78, 5) is 0. The Morgan fingerprint density at radius 1 is 1.21 bits per heavy atom. The number of rotatable bonds is 5. The zero-order valence-corrected chi connectivity index (χ0v) is 9.59. The Labute approximate surface area is 91.5 Å². The minimum absolute atomic E-state index is 0.465. The first-order chi connectivity index (χ1) is 6.74. The molecule has 0 saturated carbocycles. The van der Waals surface area contributed by atoms with Crippen LogP contribution in [0, 0.1) is 5.92 Å². The van der Waals surface area contributed by atoms with E-state index in [1.807, 2.05) is 6.07 Å². The molecule has 1 nitrogen and oxygen atoms in total. The largest absolute Gasteiger partial charge is 0.310 e. The summed E-state index contributed by atoms with van der Waals surface area (Å²) in [6.45, 7) is 5.26. The van der Waals surface area contributed by atoms with Crippen LogP contribution in [0.1, 0.15) is 19.4 Å². The van der Waals surface area contributed by atoms with Crippen molar-refractivity contribution in [3.8, 4) is 0 Å². The monoisotopic (exact) mass is 211 g/mol. The standard InChI is InChI=1S/C12H18ClN/c1-10(8-13)11(2)14-9-12-6-4-3-5-7-12/h3-7,10-11,14H,8-9H2,1-2H3. The number of hydrogen-bond acceptors (Lipinski definition) is 1. The number of hydrogen-bond donors (Lipinski definition) is 1. The first kappa shape index (κ1) is 11.5. The number of nitrogens with one attached hydrogen (secondary N) is 1. The summed E-state index contributed by atoms with van der Waals surface area (Å²) in [5, 5.41) is 3.47. The van der Waals surface area contributed by atoms with Crippen molar-refractivity contribution in [2.75, 3.05) is 5.88 Å². The highest BCUT2D eigenvalue weighted by atomic mass is 35.5. The van der Waals surface area contributed by atoms with Gasteiger partial charge in [-0.05, 0) is 18.4 Å². The van der Waals surface area contributed by atoms with Gasteiger partial charge < -0.3 is 5.32 Å². The Bertz CT molecular complexity index is 248. The summed E-state index contributed by atoms with van der Waals surface area (Å²) in [7, 11) is 0. The molecule has 0 heterocycles. The van der Waals surface area contributed by atoms with Crippen LogP contribution in [-0.4, -0.2) is 11.9 Å². The lowest BCUT2D eigenvalue weighted by Gasteiger charge is -2.19. The number of halogens is 1. The molecule has 2 atom stereocenters. The molecule has 0 aliphatic heterocycles. The van der Waals surface area contributed by atoms with E-state index >= 15 is 0 Å². The van der Waals surface area contributed by atoms with E-state index in [4.69, 9.17) is 11.6 Å². The summed E-state index contributed by atoms with van der Waals surface area (Å²) in [5.74, 6) is 1.23. The SMILES string of the molecule is CC(CCl)C(C)NCc1ccccc1. The summed E-state index contributed by atoms with van der Waals surface area (Å²) < 4.78 is 0. The smallest absolute Gasteiger partial charge is 0.0263 e. The van der Waals surface area contributed by atoms with Crippen LogP contribution < -0.4 is 5.32 Å². The van der Waals surface area contributed by atoms with Gasteiger partial charge in [-0.15, -0.1) is 11.6 Å². The van der Waals surface area contributed by atoms with Gasteiger partial charge in [0.15, 0.2) is 0 Å². The molecule has 2 unspecified atom stereocenters. The molecule has 1 aromatic rings. The maximum absolute atomic E-state index is 5.79. The van der Waals surface area contributed by atoms with Crippen molar-refractivity contribution in [3.05, 3.63) is 35.9 Å². The van der Waals surface area contributed by atoms with Crippen LogP contribution in [-0.2, 0) is 6.54 Å². The molecule has 0 bridgehead atoms. The molecule has 0 radical (unpaired) electrons. The summed E-state index contributed by atoms with van der Waals surface area (Å²) in [5.41, 5.74) is 1.32. The highest BCUT2D eigenvalue weighted by molar-refractivity contribution is 6.18. The van der Waals surface area contributed by atoms with Gasteiger partial charge in [0, 0.05) is 18.5 Å². The lowest BCUT2D eigenvalue weighted by atomic mass is 10.1. The zero-order valence-electron chi connectivity index (χ0n) is 8.83. The van der Waals surface area contributed by atoms with Crippen molar-refractivity contribution < 1.29 is 0 Å². The van der Waals surface area contributed by atoms with Crippen molar-refractivity contribution in [1.29, 1.82) is 0 Å². The van der Waals surface area contributed by atoms with Gasteiger partial charge in [-0.2, -0.15) is 0 Å². The van der Waals surface area contributed by atoms with Crippen LogP contribution in [0.4, 0.5) is 0 Å². The molecular formula is C12H18ClN. The lowest BCUT2D eigenvalue weighted by Crippen LogP contribution is -2.32. The molecule has 1 N–H and O–H groups in total. The molecule has 1 rings (SSSR count). The summed E-state index contributed by atoms with van der Waals surface area (Å²) in [6, 6.07) is 10.9. The van der Waals surface area contributed by atoms with E-state index in [9.17, 15) is 0 Å². The predicted octanol–water partition coefficient (Wildman–Crippen LogP) is 3.04. The molecule has 0 fully saturated rings. The minimum atomic E-state index is 0.465. The van der Waals surface area contributed by atoms with Gasteiger partial charge in [-0.25, -0.2) is 0 Å². The maximum Gasteiger partial charge on any atom is 0.0263 e. The van der Waals surface area contributed by atoms with Crippen LogP contribution >= 0.6 is 11.6 Å². The van der Waals surface area contributed by atoms with Crippen LogP contribution in [0.15, 0.2) is 30.3 Å². The molecule has 0 aliphatic carbocycles. The minimum Gasteiger partial charge on any atom is -0.310 e. The van der Waals surface area contributed by atoms with Crippen molar-refractivity contribution in [3.63, 3.8) is 0 Å². The normalized spacial score (nSPS) is 15.1. The Kier molecular flexibility index (Phi) is 4.99. The molecular weight excluding hydrogens is 194 g/mol. The number of alkyl halides is 1. The van der Waals surface area contributed by atoms with E-state index in [0.29, 0.717) is 17.8 Å². The zero-order chi connectivity index (χ0) is 10.4. The fraction of sp³-hybridized carbons (Fsp3) is 0.500. The van der Waals surface area contributed by atoms with Gasteiger partial charge in [0.05, 0.1) is 0 Å². The van der Waals surface area contributed by atoms with E-state index in [-0.39, 0.29) is 0 Å². The fourth-order valence-corrected chi connectivity index (χ4v) is 1.48. The van der Waals surface area contributed by atoms with E-state index in [2.05, 4.69) is 43.4 Å². The molecule has 0 aliphatic rings. The molecule has 78 valence electrons. The second-order valence-electron chi connectivity index (χ2n) is 3.79. The number of benzene rings is 1. The first-order valence-electron chi connectivity index (χ1n) is 5.07. The van der Waals surface area contributed by atoms with Gasteiger partial charge >= 0.3 is 0 Å². The third kappa shape index (κ3) is 3.69. The molecule has 0 saturated heterocycles. The molecule has 0 aromatic heterocycles. The highest BCUT2D eigenvalue weighted by Crippen LogP contribution is 2.06. The Morgan fingerprint density at radius 2 is 1.86 bits per heavy atom. The third-order valence-electron chi connectivity index (χ3n) is 2.57. The second kappa shape index (κ2) is 6.05. The van der Waals surface area contributed by atoms with Crippen molar-refractivity contribution in [2.45, 2.75) is 26.4 Å². The van der Waals surface area contributed by atoms with E-state index in [0.717, 1.165) is 6.54 Å². The van der Waals surface area contributed by atoms with Crippen LogP contribution in [0.2, 0.25) is 0 Å². The molecule has 0 amide bonds. The second-order valence-corrected chi connectivity index (χ2v) is 4.10. The quantitative estimate of drug-likeness (QED) is 0.739. The van der Waals surface area contributed by atoms with Crippen LogP contribution in [0.3, 0.4) is 0 Å². The molecule has 0 spiro atoms. The third-order valence-corrected chi connectivity index (χ3v) is 3.05. The molecule has 1 aromatic carbocycles. The Morgan fingerprint density at radius 3 is 2.43 bits per heavy atom. The van der Waals surface area contributed by atoms with Gasteiger partial charge in [-0.3, -0.25) is 0 Å². The van der Waals surface area contributed by atoms with Gasteiger partial charge in [0.25, 0.3) is 0 Å². The molecule has 2 heteroatoms. The average Bonchev–Trinajstić information content (AvgIpc) is 2.26.